The Morgan fingerprint density at radius 1 is 1.21 bits per heavy atom. The van der Waals surface area contributed by atoms with Crippen molar-refractivity contribution >= 4 is 0 Å². The van der Waals surface area contributed by atoms with Crippen LogP contribution in [0.2, 0.25) is 0 Å². The molecule has 0 saturated carbocycles. The molecule has 0 spiro atoms. The predicted octanol–water partition coefficient (Wildman–Crippen LogP) is 3.31. The van der Waals surface area contributed by atoms with E-state index in [1.54, 1.807) is 0 Å². The third-order valence-corrected chi connectivity index (χ3v) is 2.75. The lowest BCUT2D eigenvalue weighted by atomic mass is 9.96. The van der Waals surface area contributed by atoms with Crippen LogP contribution in [0.1, 0.15) is 31.4 Å². The minimum atomic E-state index is -0.182. The van der Waals surface area contributed by atoms with Gasteiger partial charge in [0.1, 0.15) is 5.82 Å². The zero-order valence-corrected chi connectivity index (χ0v) is 8.37. The fourth-order valence-corrected chi connectivity index (χ4v) is 1.82. The average Bonchev–Trinajstić information content (AvgIpc) is 2.21. The van der Waals surface area contributed by atoms with Crippen LogP contribution in [0.5, 0.6) is 0 Å². The average molecular weight is 194 g/mol. The van der Waals surface area contributed by atoms with Gasteiger partial charge in [-0.05, 0) is 36.5 Å². The maximum Gasteiger partial charge on any atom is 0.123 e. The molecule has 2 rings (SSSR count). The smallest absolute Gasteiger partial charge is 0.123 e. The Hall–Kier alpha value is -0.890. The van der Waals surface area contributed by atoms with Gasteiger partial charge in [-0.15, -0.1) is 0 Å². The quantitative estimate of drug-likeness (QED) is 0.666. The highest BCUT2D eigenvalue weighted by Gasteiger charge is 2.19. The Labute approximate surface area is 83.9 Å². The molecule has 1 fully saturated rings. The second kappa shape index (κ2) is 4.09. The number of halogens is 1. The zero-order valence-electron chi connectivity index (χ0n) is 8.37. The van der Waals surface area contributed by atoms with E-state index in [4.69, 9.17) is 4.74 Å². The van der Waals surface area contributed by atoms with E-state index < -0.39 is 0 Å². The third-order valence-electron chi connectivity index (χ3n) is 2.75. The van der Waals surface area contributed by atoms with E-state index in [1.807, 2.05) is 12.1 Å². The Bertz CT molecular complexity index is 286. The summed E-state index contributed by atoms with van der Waals surface area (Å²) in [6.07, 6.45) is 2.42. The molecular weight excluding hydrogens is 179 g/mol. The van der Waals surface area contributed by atoms with Gasteiger partial charge in [-0.3, -0.25) is 0 Å². The molecule has 14 heavy (non-hydrogen) atoms. The Balaban J connectivity index is 2.05. The molecule has 1 saturated heterocycles. The molecule has 0 radical (unpaired) electrons. The van der Waals surface area contributed by atoms with Crippen molar-refractivity contribution in [3.8, 4) is 0 Å². The van der Waals surface area contributed by atoms with Crippen LogP contribution in [-0.2, 0) is 4.74 Å². The summed E-state index contributed by atoms with van der Waals surface area (Å²) in [7, 11) is 0. The summed E-state index contributed by atoms with van der Waals surface area (Å²) in [4.78, 5) is 0. The van der Waals surface area contributed by atoms with E-state index in [0.717, 1.165) is 18.6 Å². The molecule has 1 nitrogen and oxygen atoms in total. The number of benzene rings is 1. The second-order valence-corrected chi connectivity index (χ2v) is 4.06. The van der Waals surface area contributed by atoms with Crippen molar-refractivity contribution in [3.63, 3.8) is 0 Å². The summed E-state index contributed by atoms with van der Waals surface area (Å²) >= 11 is 0. The highest BCUT2D eigenvalue weighted by molar-refractivity contribution is 5.18. The van der Waals surface area contributed by atoms with Crippen LogP contribution in [0.15, 0.2) is 24.3 Å². The van der Waals surface area contributed by atoms with Gasteiger partial charge in [0.2, 0.25) is 0 Å². The van der Waals surface area contributed by atoms with E-state index in [0.29, 0.717) is 5.92 Å². The van der Waals surface area contributed by atoms with Crippen LogP contribution in [0.3, 0.4) is 0 Å². The van der Waals surface area contributed by atoms with Gasteiger partial charge in [0.25, 0.3) is 0 Å². The summed E-state index contributed by atoms with van der Waals surface area (Å²) < 4.78 is 18.4. The summed E-state index contributed by atoms with van der Waals surface area (Å²) in [6.45, 7) is 3.02. The van der Waals surface area contributed by atoms with Crippen LogP contribution in [0.4, 0.5) is 4.39 Å². The molecule has 0 aliphatic carbocycles. The number of hydrogen-bond donors (Lipinski definition) is 0. The normalized spacial score (nSPS) is 27.6. The Morgan fingerprint density at radius 3 is 2.50 bits per heavy atom. The predicted molar refractivity (Wildman–Crippen MR) is 53.5 cm³/mol. The van der Waals surface area contributed by atoms with E-state index in [1.165, 1.54) is 18.6 Å². The molecule has 0 amide bonds. The van der Waals surface area contributed by atoms with E-state index in [-0.39, 0.29) is 11.9 Å². The number of ether oxygens (including phenoxy) is 1. The topological polar surface area (TPSA) is 9.23 Å². The van der Waals surface area contributed by atoms with Gasteiger partial charge >= 0.3 is 0 Å². The third kappa shape index (κ3) is 2.13. The first-order valence-corrected chi connectivity index (χ1v) is 5.13. The number of hydrogen-bond acceptors (Lipinski definition) is 1. The molecule has 1 heterocycles. The fraction of sp³-hybridized carbons (Fsp3) is 0.500. The molecular formula is C12H15FO. The van der Waals surface area contributed by atoms with Crippen molar-refractivity contribution in [3.05, 3.63) is 35.6 Å². The number of rotatable bonds is 1. The molecule has 1 aromatic carbocycles. The van der Waals surface area contributed by atoms with E-state index in [9.17, 15) is 4.39 Å². The Kier molecular flexibility index (Phi) is 2.82. The highest BCUT2D eigenvalue weighted by atomic mass is 19.1. The van der Waals surface area contributed by atoms with Gasteiger partial charge in [0.15, 0.2) is 0 Å². The molecule has 0 bridgehead atoms. The van der Waals surface area contributed by atoms with Crippen molar-refractivity contribution in [2.75, 3.05) is 6.61 Å². The van der Waals surface area contributed by atoms with E-state index in [2.05, 4.69) is 6.92 Å². The Morgan fingerprint density at radius 2 is 1.93 bits per heavy atom. The molecule has 1 aromatic rings. The standard InChI is InChI=1S/C12H15FO/c1-9-2-7-12(14-8-9)10-3-5-11(13)6-4-10/h3-6,9,12H,2,7-8H2,1H3/t9?,12-/m0/s1. The van der Waals surface area contributed by atoms with Gasteiger partial charge in [-0.25, -0.2) is 4.39 Å². The second-order valence-electron chi connectivity index (χ2n) is 4.06. The van der Waals surface area contributed by atoms with Crippen molar-refractivity contribution in [1.29, 1.82) is 0 Å². The first kappa shape index (κ1) is 9.66. The molecule has 2 atom stereocenters. The van der Waals surface area contributed by atoms with Gasteiger partial charge in [0.05, 0.1) is 6.10 Å². The van der Waals surface area contributed by atoms with Crippen LogP contribution in [0, 0.1) is 11.7 Å². The molecule has 0 aromatic heterocycles. The maximum absolute atomic E-state index is 12.7. The van der Waals surface area contributed by atoms with Crippen molar-refractivity contribution in [2.24, 2.45) is 5.92 Å². The minimum Gasteiger partial charge on any atom is -0.373 e. The molecule has 1 unspecified atom stereocenters. The van der Waals surface area contributed by atoms with Crippen molar-refractivity contribution < 1.29 is 9.13 Å². The molecule has 76 valence electrons. The van der Waals surface area contributed by atoms with Gasteiger partial charge < -0.3 is 4.74 Å². The first-order valence-electron chi connectivity index (χ1n) is 5.13. The van der Waals surface area contributed by atoms with Gasteiger partial charge in [-0.1, -0.05) is 19.1 Å². The van der Waals surface area contributed by atoms with Crippen LogP contribution < -0.4 is 0 Å². The first-order chi connectivity index (χ1) is 6.75. The minimum absolute atomic E-state index is 0.173. The van der Waals surface area contributed by atoms with Crippen molar-refractivity contribution in [1.82, 2.24) is 0 Å². The fourth-order valence-electron chi connectivity index (χ4n) is 1.82. The largest absolute Gasteiger partial charge is 0.373 e. The van der Waals surface area contributed by atoms with Gasteiger partial charge in [0, 0.05) is 6.61 Å². The van der Waals surface area contributed by atoms with Crippen LogP contribution in [0.25, 0.3) is 0 Å². The molecule has 2 heteroatoms. The SMILES string of the molecule is CC1CC[C@@H](c2ccc(F)cc2)OC1. The maximum atomic E-state index is 12.7. The summed E-state index contributed by atoms with van der Waals surface area (Å²) in [5, 5.41) is 0. The highest BCUT2D eigenvalue weighted by Crippen LogP contribution is 2.30. The molecule has 1 aliphatic heterocycles. The van der Waals surface area contributed by atoms with Crippen LogP contribution in [-0.4, -0.2) is 6.61 Å². The zero-order chi connectivity index (χ0) is 9.97. The lowest BCUT2D eigenvalue weighted by Gasteiger charge is -2.27. The lowest BCUT2D eigenvalue weighted by molar-refractivity contribution is -0.0124. The lowest BCUT2D eigenvalue weighted by Crippen LogP contribution is -2.18. The molecule has 1 aliphatic rings. The summed E-state index contributed by atoms with van der Waals surface area (Å²) in [5.41, 5.74) is 1.10. The van der Waals surface area contributed by atoms with Gasteiger partial charge in [-0.2, -0.15) is 0 Å². The monoisotopic (exact) mass is 194 g/mol. The van der Waals surface area contributed by atoms with Crippen LogP contribution >= 0.6 is 0 Å². The van der Waals surface area contributed by atoms with E-state index >= 15 is 0 Å². The van der Waals surface area contributed by atoms with Crippen molar-refractivity contribution in [2.45, 2.75) is 25.9 Å². The molecule has 0 N–H and O–H groups in total. The summed E-state index contributed by atoms with van der Waals surface area (Å²) in [6, 6.07) is 6.62. The summed E-state index contributed by atoms with van der Waals surface area (Å²) in [5.74, 6) is 0.477.